The molecule has 1 aliphatic heterocycles. The number of aliphatic imine (C=N–C) groups is 1. The van der Waals surface area contributed by atoms with Gasteiger partial charge in [0.05, 0.1) is 19.8 Å². The number of methoxy groups -OCH3 is 1. The molecule has 1 heterocycles. The van der Waals surface area contributed by atoms with Crippen LogP contribution in [0.2, 0.25) is 0 Å². The Balaban J connectivity index is 2.44. The predicted molar refractivity (Wildman–Crippen MR) is 87.2 cm³/mol. The van der Waals surface area contributed by atoms with E-state index >= 15 is 0 Å². The standard InChI is InChI=1S/C16H23N3O2/c1-12-11-19(6-7-21-12)16-8-14(20-3)4-5-15(16)13(9-17)10-18-2/h4-5,8-10,12H,6-7,11,17H2,1-3H3. The molecule has 0 radical (unpaired) electrons. The molecule has 114 valence electrons. The molecule has 2 rings (SSSR count). The molecular weight excluding hydrogens is 266 g/mol. The van der Waals surface area contributed by atoms with Crippen molar-refractivity contribution >= 4 is 17.5 Å². The van der Waals surface area contributed by atoms with Gasteiger partial charge in [-0.05, 0) is 19.1 Å². The van der Waals surface area contributed by atoms with E-state index in [1.807, 2.05) is 18.2 Å². The van der Waals surface area contributed by atoms with Crippen LogP contribution in [0.3, 0.4) is 0 Å². The largest absolute Gasteiger partial charge is 0.497 e. The van der Waals surface area contributed by atoms with Crippen molar-refractivity contribution in [2.24, 2.45) is 10.7 Å². The second-order valence-electron chi connectivity index (χ2n) is 5.02. The van der Waals surface area contributed by atoms with Gasteiger partial charge < -0.3 is 20.1 Å². The number of rotatable bonds is 4. The van der Waals surface area contributed by atoms with E-state index in [1.165, 1.54) is 0 Å². The summed E-state index contributed by atoms with van der Waals surface area (Å²) in [5.74, 6) is 0.831. The van der Waals surface area contributed by atoms with Crippen molar-refractivity contribution in [1.29, 1.82) is 0 Å². The second kappa shape index (κ2) is 7.13. The fraction of sp³-hybridized carbons (Fsp3) is 0.438. The molecule has 2 N–H and O–H groups in total. The molecule has 0 aromatic heterocycles. The Morgan fingerprint density at radius 2 is 2.33 bits per heavy atom. The average Bonchev–Trinajstić information content (AvgIpc) is 2.52. The monoisotopic (exact) mass is 289 g/mol. The summed E-state index contributed by atoms with van der Waals surface area (Å²) in [6.07, 6.45) is 3.57. The van der Waals surface area contributed by atoms with Crippen molar-refractivity contribution in [1.82, 2.24) is 0 Å². The van der Waals surface area contributed by atoms with Crippen molar-refractivity contribution < 1.29 is 9.47 Å². The zero-order valence-electron chi connectivity index (χ0n) is 12.9. The van der Waals surface area contributed by atoms with E-state index in [1.54, 1.807) is 26.6 Å². The van der Waals surface area contributed by atoms with Gasteiger partial charge in [0.15, 0.2) is 0 Å². The number of morpholine rings is 1. The molecule has 1 saturated heterocycles. The van der Waals surface area contributed by atoms with Crippen LogP contribution in [0.25, 0.3) is 5.57 Å². The lowest BCUT2D eigenvalue weighted by Gasteiger charge is -2.34. The van der Waals surface area contributed by atoms with E-state index < -0.39 is 0 Å². The third-order valence-corrected chi connectivity index (χ3v) is 3.55. The maximum absolute atomic E-state index is 5.76. The number of benzene rings is 1. The molecule has 0 amide bonds. The van der Waals surface area contributed by atoms with Crippen LogP contribution in [-0.2, 0) is 4.74 Å². The van der Waals surface area contributed by atoms with Crippen molar-refractivity contribution in [3.05, 3.63) is 30.0 Å². The van der Waals surface area contributed by atoms with E-state index in [0.717, 1.165) is 42.3 Å². The molecule has 1 atom stereocenters. The molecule has 0 aliphatic carbocycles. The summed E-state index contributed by atoms with van der Waals surface area (Å²) in [4.78, 5) is 6.38. The lowest BCUT2D eigenvalue weighted by molar-refractivity contribution is 0.0532. The highest BCUT2D eigenvalue weighted by Gasteiger charge is 2.20. The molecule has 21 heavy (non-hydrogen) atoms. The summed E-state index contributed by atoms with van der Waals surface area (Å²) < 4.78 is 11.0. The summed E-state index contributed by atoms with van der Waals surface area (Å²) in [5, 5.41) is 0. The van der Waals surface area contributed by atoms with Gasteiger partial charge in [-0.1, -0.05) is 0 Å². The molecule has 1 aliphatic rings. The minimum Gasteiger partial charge on any atom is -0.497 e. The molecule has 1 aromatic carbocycles. The van der Waals surface area contributed by atoms with Crippen molar-refractivity contribution in [2.45, 2.75) is 13.0 Å². The van der Waals surface area contributed by atoms with Crippen LogP contribution in [0, 0.1) is 0 Å². The molecule has 0 saturated carbocycles. The van der Waals surface area contributed by atoms with Gasteiger partial charge in [-0.25, -0.2) is 0 Å². The molecule has 5 heteroatoms. The predicted octanol–water partition coefficient (Wildman–Crippen LogP) is 1.92. The van der Waals surface area contributed by atoms with Crippen molar-refractivity contribution in [3.8, 4) is 5.75 Å². The number of nitrogens with two attached hydrogens (primary N) is 1. The van der Waals surface area contributed by atoms with Gasteiger partial charge in [0.25, 0.3) is 0 Å². The number of ether oxygens (including phenoxy) is 2. The topological polar surface area (TPSA) is 60.1 Å². The Hall–Kier alpha value is -2.01. The molecule has 0 bridgehead atoms. The van der Waals surface area contributed by atoms with Gasteiger partial charge in [-0.15, -0.1) is 0 Å². The Bertz CT molecular complexity index is 540. The Labute approximate surface area is 126 Å². The number of allylic oxidation sites excluding steroid dienone is 1. The second-order valence-corrected chi connectivity index (χ2v) is 5.02. The van der Waals surface area contributed by atoms with Gasteiger partial charge in [0.2, 0.25) is 0 Å². The Morgan fingerprint density at radius 3 is 2.95 bits per heavy atom. The normalized spacial score (nSPS) is 20.0. The SMILES string of the molecule is CN=CC(=CN)c1ccc(OC)cc1N1CCOC(C)C1. The van der Waals surface area contributed by atoms with Crippen LogP contribution in [0.4, 0.5) is 5.69 Å². The summed E-state index contributed by atoms with van der Waals surface area (Å²) >= 11 is 0. The Kier molecular flexibility index (Phi) is 5.22. The van der Waals surface area contributed by atoms with Crippen LogP contribution in [0.1, 0.15) is 12.5 Å². The quantitative estimate of drug-likeness (QED) is 0.860. The van der Waals surface area contributed by atoms with E-state index in [0.29, 0.717) is 0 Å². The highest BCUT2D eigenvalue weighted by atomic mass is 16.5. The van der Waals surface area contributed by atoms with E-state index in [2.05, 4.69) is 16.8 Å². The van der Waals surface area contributed by atoms with Crippen LogP contribution in [-0.4, -0.2) is 46.2 Å². The van der Waals surface area contributed by atoms with Gasteiger partial charge >= 0.3 is 0 Å². The minimum atomic E-state index is 0.211. The molecular formula is C16H23N3O2. The average molecular weight is 289 g/mol. The fourth-order valence-electron chi connectivity index (χ4n) is 2.52. The van der Waals surface area contributed by atoms with E-state index in [9.17, 15) is 0 Å². The third-order valence-electron chi connectivity index (χ3n) is 3.55. The Morgan fingerprint density at radius 1 is 1.52 bits per heavy atom. The van der Waals surface area contributed by atoms with Gasteiger partial charge in [-0.3, -0.25) is 4.99 Å². The highest BCUT2D eigenvalue weighted by Crippen LogP contribution is 2.31. The maximum Gasteiger partial charge on any atom is 0.120 e. The summed E-state index contributed by atoms with van der Waals surface area (Å²) in [5.41, 5.74) is 8.81. The first-order chi connectivity index (χ1) is 10.2. The van der Waals surface area contributed by atoms with Crippen molar-refractivity contribution in [3.63, 3.8) is 0 Å². The number of nitrogens with zero attached hydrogens (tertiary/aromatic N) is 2. The first-order valence-corrected chi connectivity index (χ1v) is 7.08. The van der Waals surface area contributed by atoms with Crippen LogP contribution < -0.4 is 15.4 Å². The third kappa shape index (κ3) is 3.55. The molecule has 0 spiro atoms. The fourth-order valence-corrected chi connectivity index (χ4v) is 2.52. The lowest BCUT2D eigenvalue weighted by atomic mass is 10.0. The zero-order chi connectivity index (χ0) is 15.2. The van der Waals surface area contributed by atoms with E-state index in [4.69, 9.17) is 15.2 Å². The lowest BCUT2D eigenvalue weighted by Crippen LogP contribution is -2.41. The molecule has 1 fully saturated rings. The van der Waals surface area contributed by atoms with Crippen LogP contribution in [0.5, 0.6) is 5.75 Å². The molecule has 1 aromatic rings. The number of hydrogen-bond donors (Lipinski definition) is 1. The summed E-state index contributed by atoms with van der Waals surface area (Å²) in [6.45, 7) is 4.51. The number of anilines is 1. The number of hydrogen-bond acceptors (Lipinski definition) is 5. The molecule has 5 nitrogen and oxygen atoms in total. The first-order valence-electron chi connectivity index (χ1n) is 7.08. The summed E-state index contributed by atoms with van der Waals surface area (Å²) in [6, 6.07) is 6.00. The van der Waals surface area contributed by atoms with Gasteiger partial charge in [0, 0.05) is 55.4 Å². The molecule has 1 unspecified atom stereocenters. The van der Waals surface area contributed by atoms with E-state index in [-0.39, 0.29) is 6.10 Å². The minimum absolute atomic E-state index is 0.211. The van der Waals surface area contributed by atoms with Crippen molar-refractivity contribution in [2.75, 3.05) is 38.8 Å². The van der Waals surface area contributed by atoms with Crippen LogP contribution >= 0.6 is 0 Å². The first kappa shape index (κ1) is 15.4. The highest BCUT2D eigenvalue weighted by molar-refractivity contribution is 6.11. The van der Waals surface area contributed by atoms with Gasteiger partial charge in [-0.2, -0.15) is 0 Å². The maximum atomic E-state index is 5.76. The van der Waals surface area contributed by atoms with Crippen LogP contribution in [0.15, 0.2) is 29.4 Å². The smallest absolute Gasteiger partial charge is 0.120 e. The van der Waals surface area contributed by atoms with Gasteiger partial charge in [0.1, 0.15) is 5.75 Å². The zero-order valence-corrected chi connectivity index (χ0v) is 12.9. The summed E-state index contributed by atoms with van der Waals surface area (Å²) in [7, 11) is 3.41.